The SMILES string of the molecule is Cc1nc(C(NN)c2cccc(OC3CC3)c2)cs1. The van der Waals surface area contributed by atoms with Crippen LogP contribution in [-0.2, 0) is 0 Å². The second kappa shape index (κ2) is 5.28. The van der Waals surface area contributed by atoms with Crippen LogP contribution in [0.25, 0.3) is 0 Å². The molecule has 1 atom stereocenters. The van der Waals surface area contributed by atoms with Crippen LogP contribution in [0.15, 0.2) is 29.6 Å². The average molecular weight is 275 g/mol. The van der Waals surface area contributed by atoms with Gasteiger partial charge in [0, 0.05) is 5.38 Å². The molecule has 1 heterocycles. The van der Waals surface area contributed by atoms with Crippen LogP contribution < -0.4 is 16.0 Å². The highest BCUT2D eigenvalue weighted by Crippen LogP contribution is 2.30. The van der Waals surface area contributed by atoms with E-state index < -0.39 is 0 Å². The number of hydrogen-bond acceptors (Lipinski definition) is 5. The Morgan fingerprint density at radius 2 is 2.32 bits per heavy atom. The van der Waals surface area contributed by atoms with Crippen LogP contribution in [0.2, 0.25) is 0 Å². The molecule has 1 fully saturated rings. The molecule has 1 aliphatic rings. The fourth-order valence-corrected chi connectivity index (χ4v) is 2.65. The highest BCUT2D eigenvalue weighted by molar-refractivity contribution is 7.09. The maximum atomic E-state index is 5.82. The largest absolute Gasteiger partial charge is 0.490 e. The van der Waals surface area contributed by atoms with E-state index in [1.165, 1.54) is 0 Å². The number of ether oxygens (including phenoxy) is 1. The normalized spacial score (nSPS) is 16.3. The minimum atomic E-state index is -0.0901. The lowest BCUT2D eigenvalue weighted by atomic mass is 10.1. The summed E-state index contributed by atoms with van der Waals surface area (Å²) in [6.45, 7) is 1.99. The van der Waals surface area contributed by atoms with Crippen LogP contribution in [-0.4, -0.2) is 11.1 Å². The monoisotopic (exact) mass is 275 g/mol. The van der Waals surface area contributed by atoms with E-state index in [2.05, 4.69) is 10.4 Å². The molecule has 1 unspecified atom stereocenters. The lowest BCUT2D eigenvalue weighted by Gasteiger charge is -2.15. The van der Waals surface area contributed by atoms with E-state index in [4.69, 9.17) is 10.6 Å². The van der Waals surface area contributed by atoms with Gasteiger partial charge in [-0.3, -0.25) is 5.84 Å². The molecule has 0 radical (unpaired) electrons. The molecule has 1 aromatic heterocycles. The third-order valence-corrected chi connectivity index (χ3v) is 3.91. The van der Waals surface area contributed by atoms with Gasteiger partial charge in [0.15, 0.2) is 0 Å². The summed E-state index contributed by atoms with van der Waals surface area (Å²) in [5, 5.41) is 3.08. The van der Waals surface area contributed by atoms with Crippen molar-refractivity contribution < 1.29 is 4.74 Å². The number of thiazole rings is 1. The van der Waals surface area contributed by atoms with Crippen LogP contribution in [0.3, 0.4) is 0 Å². The predicted octanol–water partition coefficient (Wildman–Crippen LogP) is 2.55. The number of nitrogens with one attached hydrogen (secondary N) is 1. The lowest BCUT2D eigenvalue weighted by Crippen LogP contribution is -2.29. The van der Waals surface area contributed by atoms with Gasteiger partial charge >= 0.3 is 0 Å². The highest BCUT2D eigenvalue weighted by atomic mass is 32.1. The zero-order valence-electron chi connectivity index (χ0n) is 10.8. The fourth-order valence-electron chi connectivity index (χ4n) is 2.01. The van der Waals surface area contributed by atoms with Crippen molar-refractivity contribution >= 4 is 11.3 Å². The Bertz CT molecular complexity index is 565. The van der Waals surface area contributed by atoms with E-state index in [0.717, 1.165) is 34.9 Å². The molecule has 3 N–H and O–H groups in total. The molecule has 0 amide bonds. The van der Waals surface area contributed by atoms with Gasteiger partial charge in [-0.15, -0.1) is 11.3 Å². The summed E-state index contributed by atoms with van der Waals surface area (Å²) in [5.41, 5.74) is 4.86. The Morgan fingerprint density at radius 1 is 1.47 bits per heavy atom. The standard InChI is InChI=1S/C14H17N3OS/c1-9-16-13(8-19-9)14(17-15)10-3-2-4-12(7-10)18-11-5-6-11/h2-4,7-8,11,14,17H,5-6,15H2,1H3. The summed E-state index contributed by atoms with van der Waals surface area (Å²) in [6.07, 6.45) is 2.73. The van der Waals surface area contributed by atoms with Crippen LogP contribution in [0.1, 0.15) is 35.1 Å². The lowest BCUT2D eigenvalue weighted by molar-refractivity contribution is 0.302. The summed E-state index contributed by atoms with van der Waals surface area (Å²) in [6, 6.07) is 7.97. The van der Waals surface area contributed by atoms with Crippen molar-refractivity contribution in [1.29, 1.82) is 0 Å². The maximum absolute atomic E-state index is 5.82. The van der Waals surface area contributed by atoms with Crippen molar-refractivity contribution in [3.05, 3.63) is 45.9 Å². The molecular weight excluding hydrogens is 258 g/mol. The van der Waals surface area contributed by atoms with E-state index in [9.17, 15) is 0 Å². The van der Waals surface area contributed by atoms with E-state index in [0.29, 0.717) is 6.10 Å². The van der Waals surface area contributed by atoms with E-state index in [-0.39, 0.29) is 6.04 Å². The first-order valence-electron chi connectivity index (χ1n) is 6.41. The van der Waals surface area contributed by atoms with Gasteiger partial charge in [-0.05, 0) is 37.5 Å². The van der Waals surface area contributed by atoms with Gasteiger partial charge < -0.3 is 4.74 Å². The van der Waals surface area contributed by atoms with Gasteiger partial charge in [-0.25, -0.2) is 10.4 Å². The molecule has 4 nitrogen and oxygen atoms in total. The minimum Gasteiger partial charge on any atom is -0.490 e. The van der Waals surface area contributed by atoms with Gasteiger partial charge in [-0.2, -0.15) is 0 Å². The van der Waals surface area contributed by atoms with Crippen molar-refractivity contribution in [3.63, 3.8) is 0 Å². The third kappa shape index (κ3) is 2.94. The molecule has 19 heavy (non-hydrogen) atoms. The number of nitrogens with two attached hydrogens (primary N) is 1. The van der Waals surface area contributed by atoms with Crippen LogP contribution >= 0.6 is 11.3 Å². The van der Waals surface area contributed by atoms with E-state index in [1.54, 1.807) is 11.3 Å². The van der Waals surface area contributed by atoms with Crippen molar-refractivity contribution in [3.8, 4) is 5.75 Å². The summed E-state index contributed by atoms with van der Waals surface area (Å²) in [4.78, 5) is 4.50. The molecule has 1 aromatic carbocycles. The average Bonchev–Trinajstić information content (AvgIpc) is 3.12. The minimum absolute atomic E-state index is 0.0901. The molecule has 5 heteroatoms. The number of hydrazine groups is 1. The van der Waals surface area contributed by atoms with Gasteiger partial charge in [0.05, 0.1) is 22.8 Å². The Morgan fingerprint density at radius 3 is 2.95 bits per heavy atom. The van der Waals surface area contributed by atoms with Gasteiger partial charge in [0.25, 0.3) is 0 Å². The molecular formula is C14H17N3OS. The molecule has 100 valence electrons. The Kier molecular flexibility index (Phi) is 3.50. The zero-order valence-corrected chi connectivity index (χ0v) is 11.6. The topological polar surface area (TPSA) is 60.2 Å². The number of nitrogens with zero attached hydrogens (tertiary/aromatic N) is 1. The van der Waals surface area contributed by atoms with Crippen molar-refractivity contribution in [2.45, 2.75) is 31.9 Å². The Labute approximate surface area is 116 Å². The smallest absolute Gasteiger partial charge is 0.120 e. The highest BCUT2D eigenvalue weighted by Gasteiger charge is 2.24. The summed E-state index contributed by atoms with van der Waals surface area (Å²) in [7, 11) is 0. The molecule has 0 spiro atoms. The van der Waals surface area contributed by atoms with Crippen LogP contribution in [0.5, 0.6) is 5.75 Å². The first-order chi connectivity index (χ1) is 9.26. The molecule has 0 bridgehead atoms. The fraction of sp³-hybridized carbons (Fsp3) is 0.357. The number of benzene rings is 1. The number of aromatic nitrogens is 1. The second-order valence-corrected chi connectivity index (χ2v) is 5.84. The quantitative estimate of drug-likeness (QED) is 0.650. The molecule has 2 aromatic rings. The zero-order chi connectivity index (χ0) is 13.2. The summed E-state index contributed by atoms with van der Waals surface area (Å²) >= 11 is 1.63. The molecule has 0 aliphatic heterocycles. The number of aryl methyl sites for hydroxylation is 1. The Hall–Kier alpha value is -1.43. The van der Waals surface area contributed by atoms with E-state index in [1.807, 2.05) is 36.6 Å². The summed E-state index contributed by atoms with van der Waals surface area (Å²) in [5.74, 6) is 6.59. The predicted molar refractivity (Wildman–Crippen MR) is 76.1 cm³/mol. The van der Waals surface area contributed by atoms with Gasteiger partial charge in [0.2, 0.25) is 0 Å². The van der Waals surface area contributed by atoms with Crippen LogP contribution in [0.4, 0.5) is 0 Å². The molecule has 3 rings (SSSR count). The number of rotatable bonds is 5. The van der Waals surface area contributed by atoms with E-state index >= 15 is 0 Å². The number of hydrogen-bond donors (Lipinski definition) is 2. The molecule has 1 saturated carbocycles. The van der Waals surface area contributed by atoms with Gasteiger partial charge in [0.1, 0.15) is 5.75 Å². The molecule has 0 saturated heterocycles. The third-order valence-electron chi connectivity index (χ3n) is 3.12. The van der Waals surface area contributed by atoms with Gasteiger partial charge in [-0.1, -0.05) is 12.1 Å². The maximum Gasteiger partial charge on any atom is 0.120 e. The first kappa shape index (κ1) is 12.6. The Balaban J connectivity index is 1.85. The second-order valence-electron chi connectivity index (χ2n) is 4.78. The first-order valence-corrected chi connectivity index (χ1v) is 7.29. The molecule has 1 aliphatic carbocycles. The summed E-state index contributed by atoms with van der Waals surface area (Å²) < 4.78 is 5.82. The van der Waals surface area contributed by atoms with Crippen molar-refractivity contribution in [2.24, 2.45) is 5.84 Å². The van der Waals surface area contributed by atoms with Crippen LogP contribution in [0, 0.1) is 6.92 Å². The van der Waals surface area contributed by atoms with Crippen molar-refractivity contribution in [1.82, 2.24) is 10.4 Å². The van der Waals surface area contributed by atoms with Crippen molar-refractivity contribution in [2.75, 3.05) is 0 Å².